The number of nitrogens with zero attached hydrogens (tertiary/aromatic N) is 1. The molecule has 0 saturated carbocycles. The zero-order chi connectivity index (χ0) is 16.2. The Hall–Kier alpha value is -1.11. The first kappa shape index (κ1) is 17.2. The van der Waals surface area contributed by atoms with Crippen molar-refractivity contribution in [3.05, 3.63) is 23.3 Å². The van der Waals surface area contributed by atoms with Crippen molar-refractivity contribution in [3.8, 4) is 5.75 Å². The molecule has 0 unspecified atom stereocenters. The van der Waals surface area contributed by atoms with Gasteiger partial charge in [-0.25, -0.2) is 13.1 Å². The molecule has 0 aromatic heterocycles. The average molecular weight is 326 g/mol. The van der Waals surface area contributed by atoms with Gasteiger partial charge >= 0.3 is 0 Å². The maximum atomic E-state index is 12.4. The molecule has 2 rings (SSSR count). The zero-order valence-electron chi connectivity index (χ0n) is 13.7. The van der Waals surface area contributed by atoms with Crippen molar-refractivity contribution in [1.29, 1.82) is 0 Å². The Bertz CT molecular complexity index is 608. The van der Waals surface area contributed by atoms with Crippen LogP contribution < -0.4 is 9.46 Å². The smallest absolute Gasteiger partial charge is 0.240 e. The van der Waals surface area contributed by atoms with Crippen molar-refractivity contribution >= 4 is 10.0 Å². The van der Waals surface area contributed by atoms with Crippen LogP contribution >= 0.6 is 0 Å². The van der Waals surface area contributed by atoms with Crippen molar-refractivity contribution in [3.63, 3.8) is 0 Å². The normalized spacial score (nSPS) is 16.1. The third kappa shape index (κ3) is 4.00. The molecule has 6 heteroatoms. The molecule has 1 aromatic carbocycles. The molecule has 1 aliphatic heterocycles. The lowest BCUT2D eigenvalue weighted by Gasteiger charge is -2.16. The summed E-state index contributed by atoms with van der Waals surface area (Å²) in [5.41, 5.74) is 1.61. The Labute approximate surface area is 133 Å². The molecule has 1 N–H and O–H groups in total. The number of sulfonamides is 1. The monoisotopic (exact) mass is 326 g/mol. The van der Waals surface area contributed by atoms with Gasteiger partial charge in [-0.1, -0.05) is 0 Å². The van der Waals surface area contributed by atoms with Crippen molar-refractivity contribution in [1.82, 2.24) is 9.62 Å². The van der Waals surface area contributed by atoms with Crippen LogP contribution in [0.3, 0.4) is 0 Å². The summed E-state index contributed by atoms with van der Waals surface area (Å²) in [7, 11) is -1.87. The van der Waals surface area contributed by atoms with Crippen LogP contribution in [-0.2, 0) is 10.0 Å². The number of hydrogen-bond donors (Lipinski definition) is 1. The van der Waals surface area contributed by atoms with E-state index in [4.69, 9.17) is 4.74 Å². The van der Waals surface area contributed by atoms with E-state index in [-0.39, 0.29) is 0 Å². The third-order valence-electron chi connectivity index (χ3n) is 4.34. The third-order valence-corrected chi connectivity index (χ3v) is 5.94. The SMILES string of the molecule is COc1ccc(S(=O)(=O)NCCCN2CCCC2)c(C)c1C. The van der Waals surface area contributed by atoms with Gasteiger partial charge in [0.15, 0.2) is 0 Å². The van der Waals surface area contributed by atoms with Crippen molar-refractivity contribution in [2.45, 2.75) is 38.0 Å². The van der Waals surface area contributed by atoms with E-state index in [2.05, 4.69) is 9.62 Å². The van der Waals surface area contributed by atoms with E-state index in [1.54, 1.807) is 19.2 Å². The minimum atomic E-state index is -3.46. The standard InChI is InChI=1S/C16H26N2O3S/c1-13-14(2)16(8-7-15(13)21-3)22(19,20)17-9-6-12-18-10-4-5-11-18/h7-8,17H,4-6,9-12H2,1-3H3. The number of hydrogen-bond acceptors (Lipinski definition) is 4. The van der Waals surface area contributed by atoms with E-state index >= 15 is 0 Å². The summed E-state index contributed by atoms with van der Waals surface area (Å²) in [5, 5.41) is 0. The van der Waals surface area contributed by atoms with Crippen LogP contribution in [-0.4, -0.2) is 46.6 Å². The van der Waals surface area contributed by atoms with Gasteiger partial charge in [0, 0.05) is 6.54 Å². The Morgan fingerprint density at radius 1 is 1.18 bits per heavy atom. The lowest BCUT2D eigenvalue weighted by atomic mass is 10.1. The van der Waals surface area contributed by atoms with Gasteiger partial charge in [-0.05, 0) is 76.0 Å². The van der Waals surface area contributed by atoms with E-state index in [1.165, 1.54) is 12.8 Å². The van der Waals surface area contributed by atoms with E-state index in [0.29, 0.717) is 17.2 Å². The molecule has 0 atom stereocenters. The Balaban J connectivity index is 1.96. The highest BCUT2D eigenvalue weighted by atomic mass is 32.2. The summed E-state index contributed by atoms with van der Waals surface area (Å²) in [5.74, 6) is 0.713. The van der Waals surface area contributed by atoms with Crippen LogP contribution in [0.25, 0.3) is 0 Å². The second-order valence-corrected chi connectivity index (χ2v) is 7.55. The van der Waals surface area contributed by atoms with Crippen LogP contribution in [0.15, 0.2) is 17.0 Å². The average Bonchev–Trinajstić information content (AvgIpc) is 2.99. The fourth-order valence-corrected chi connectivity index (χ4v) is 4.25. The molecule has 1 aliphatic rings. The first-order chi connectivity index (χ1) is 10.5. The molecule has 1 fully saturated rings. The number of nitrogens with one attached hydrogen (secondary N) is 1. The summed E-state index contributed by atoms with van der Waals surface area (Å²) in [4.78, 5) is 2.73. The highest BCUT2D eigenvalue weighted by Crippen LogP contribution is 2.26. The Morgan fingerprint density at radius 3 is 2.50 bits per heavy atom. The maximum Gasteiger partial charge on any atom is 0.240 e. The summed E-state index contributed by atoms with van der Waals surface area (Å²) >= 11 is 0. The summed E-state index contributed by atoms with van der Waals surface area (Å²) in [6.45, 7) is 7.41. The van der Waals surface area contributed by atoms with Crippen LogP contribution in [0.1, 0.15) is 30.4 Å². The number of methoxy groups -OCH3 is 1. The molecule has 5 nitrogen and oxygen atoms in total. The van der Waals surface area contributed by atoms with E-state index in [1.807, 2.05) is 13.8 Å². The molecular formula is C16H26N2O3S. The lowest BCUT2D eigenvalue weighted by molar-refractivity contribution is 0.334. The fraction of sp³-hybridized carbons (Fsp3) is 0.625. The van der Waals surface area contributed by atoms with Gasteiger partial charge in [-0.3, -0.25) is 0 Å². The molecule has 0 bridgehead atoms. The lowest BCUT2D eigenvalue weighted by Crippen LogP contribution is -2.29. The minimum Gasteiger partial charge on any atom is -0.496 e. The summed E-state index contributed by atoms with van der Waals surface area (Å²) in [6, 6.07) is 3.32. The molecule has 0 spiro atoms. The van der Waals surface area contributed by atoms with E-state index < -0.39 is 10.0 Å². The first-order valence-electron chi connectivity index (χ1n) is 7.82. The quantitative estimate of drug-likeness (QED) is 0.780. The van der Waals surface area contributed by atoms with Crippen molar-refractivity contribution in [2.24, 2.45) is 0 Å². The number of ether oxygens (including phenoxy) is 1. The first-order valence-corrected chi connectivity index (χ1v) is 9.30. The topological polar surface area (TPSA) is 58.6 Å². The van der Waals surface area contributed by atoms with Crippen LogP contribution in [0.2, 0.25) is 0 Å². The number of rotatable bonds is 7. The Kier molecular flexibility index (Phi) is 5.83. The van der Waals surface area contributed by atoms with Gasteiger partial charge in [0.25, 0.3) is 0 Å². The molecule has 0 amide bonds. The molecule has 0 aliphatic carbocycles. The maximum absolute atomic E-state index is 12.4. The summed E-state index contributed by atoms with van der Waals surface area (Å²) in [6.07, 6.45) is 3.36. The highest BCUT2D eigenvalue weighted by molar-refractivity contribution is 7.89. The second-order valence-electron chi connectivity index (χ2n) is 5.82. The molecule has 124 valence electrons. The fourth-order valence-electron chi connectivity index (χ4n) is 2.88. The molecule has 1 heterocycles. The highest BCUT2D eigenvalue weighted by Gasteiger charge is 2.19. The van der Waals surface area contributed by atoms with E-state index in [0.717, 1.165) is 37.2 Å². The van der Waals surface area contributed by atoms with Gasteiger partial charge in [0.1, 0.15) is 5.75 Å². The largest absolute Gasteiger partial charge is 0.496 e. The van der Waals surface area contributed by atoms with Crippen molar-refractivity contribution in [2.75, 3.05) is 33.3 Å². The zero-order valence-corrected chi connectivity index (χ0v) is 14.5. The second kappa shape index (κ2) is 7.44. The molecular weight excluding hydrogens is 300 g/mol. The van der Waals surface area contributed by atoms with Gasteiger partial charge in [-0.2, -0.15) is 0 Å². The number of likely N-dealkylation sites (tertiary alicyclic amines) is 1. The van der Waals surface area contributed by atoms with Crippen LogP contribution in [0.4, 0.5) is 0 Å². The van der Waals surface area contributed by atoms with Crippen molar-refractivity contribution < 1.29 is 13.2 Å². The predicted molar refractivity (Wildman–Crippen MR) is 87.9 cm³/mol. The van der Waals surface area contributed by atoms with Crippen LogP contribution in [0.5, 0.6) is 5.75 Å². The number of benzene rings is 1. The molecule has 22 heavy (non-hydrogen) atoms. The van der Waals surface area contributed by atoms with Gasteiger partial charge in [0.05, 0.1) is 12.0 Å². The summed E-state index contributed by atoms with van der Waals surface area (Å²) < 4.78 is 32.8. The minimum absolute atomic E-state index is 0.340. The Morgan fingerprint density at radius 2 is 1.86 bits per heavy atom. The molecule has 1 aromatic rings. The molecule has 1 saturated heterocycles. The predicted octanol–water partition coefficient (Wildman–Crippen LogP) is 2.08. The molecule has 0 radical (unpaired) electrons. The van der Waals surface area contributed by atoms with Gasteiger partial charge in [0.2, 0.25) is 10.0 Å². The van der Waals surface area contributed by atoms with Crippen LogP contribution in [0, 0.1) is 13.8 Å². The van der Waals surface area contributed by atoms with Gasteiger partial charge in [-0.15, -0.1) is 0 Å². The van der Waals surface area contributed by atoms with E-state index in [9.17, 15) is 8.42 Å². The van der Waals surface area contributed by atoms with Gasteiger partial charge < -0.3 is 9.64 Å².